The molecule has 158 valence electrons. The van der Waals surface area contributed by atoms with E-state index in [1.165, 1.54) is 57.8 Å². The lowest BCUT2D eigenvalue weighted by Gasteiger charge is -2.61. The Balaban J connectivity index is 0.00000210. The maximum atomic E-state index is 10.4. The zero-order valence-corrected chi connectivity index (χ0v) is 18.4. The highest BCUT2D eigenvalue weighted by molar-refractivity contribution is 5.85. The van der Waals surface area contributed by atoms with Gasteiger partial charge in [-0.1, -0.05) is 13.8 Å². The van der Waals surface area contributed by atoms with Crippen LogP contribution in [-0.2, 0) is 0 Å². The summed E-state index contributed by atoms with van der Waals surface area (Å²) in [4.78, 5) is 0. The minimum absolute atomic E-state index is 0. The van der Waals surface area contributed by atoms with Crippen LogP contribution in [0.2, 0.25) is 0 Å². The highest BCUT2D eigenvalue weighted by atomic mass is 35.5. The third-order valence-electron chi connectivity index (χ3n) is 9.87. The number of aliphatic hydroxyl groups excluding tert-OH is 2. The molecule has 3 nitrogen and oxygen atoms in total. The van der Waals surface area contributed by atoms with Crippen LogP contribution in [0.4, 0.5) is 0 Å². The predicted molar refractivity (Wildman–Crippen MR) is 113 cm³/mol. The number of nitrogens with one attached hydrogen (secondary N) is 1. The molecule has 4 aliphatic rings. The van der Waals surface area contributed by atoms with Gasteiger partial charge in [-0.15, -0.1) is 12.4 Å². The summed E-state index contributed by atoms with van der Waals surface area (Å²) >= 11 is 0. The molecule has 4 saturated carbocycles. The van der Waals surface area contributed by atoms with Gasteiger partial charge in [-0.05, 0) is 105 Å². The van der Waals surface area contributed by atoms with Crippen molar-refractivity contribution in [2.75, 3.05) is 13.2 Å². The van der Waals surface area contributed by atoms with E-state index < -0.39 is 0 Å². The monoisotopic (exact) mass is 399 g/mol. The van der Waals surface area contributed by atoms with Crippen molar-refractivity contribution in [3.05, 3.63) is 0 Å². The van der Waals surface area contributed by atoms with E-state index in [4.69, 9.17) is 5.11 Å². The molecule has 0 radical (unpaired) electrons. The van der Waals surface area contributed by atoms with Crippen molar-refractivity contribution in [2.45, 2.75) is 90.7 Å². The summed E-state index contributed by atoms with van der Waals surface area (Å²) in [6.45, 7) is 8.18. The molecule has 4 aliphatic carbocycles. The lowest BCUT2D eigenvalue weighted by molar-refractivity contribution is -0.121. The molecule has 27 heavy (non-hydrogen) atoms. The Kier molecular flexibility index (Phi) is 6.58. The molecule has 0 spiro atoms. The summed E-state index contributed by atoms with van der Waals surface area (Å²) in [5.74, 6) is 4.06. The Hall–Kier alpha value is 0.170. The van der Waals surface area contributed by atoms with Gasteiger partial charge in [-0.25, -0.2) is 0 Å². The maximum absolute atomic E-state index is 10.4. The van der Waals surface area contributed by atoms with E-state index in [0.29, 0.717) is 22.8 Å². The quantitative estimate of drug-likeness (QED) is 0.656. The molecule has 0 aliphatic heterocycles. The molecular weight excluding hydrogens is 358 g/mol. The van der Waals surface area contributed by atoms with E-state index in [2.05, 4.69) is 19.2 Å². The van der Waals surface area contributed by atoms with Gasteiger partial charge in [-0.2, -0.15) is 0 Å². The summed E-state index contributed by atoms with van der Waals surface area (Å²) in [5, 5.41) is 23.1. The third kappa shape index (κ3) is 3.49. The second-order valence-electron chi connectivity index (χ2n) is 10.8. The van der Waals surface area contributed by atoms with Gasteiger partial charge in [0.05, 0.1) is 12.7 Å². The highest BCUT2D eigenvalue weighted by Crippen LogP contribution is 2.67. The smallest absolute Gasteiger partial charge is 0.0556 e. The standard InChI is InChI=1S/C23H41NO2.ClH/c1-15(26)19-6-7-20-18-5-4-16-14-17(24-12-13-25)8-10-22(16,2)21(18)9-11-23(19,20)3;/h15-21,24-26H,4-14H2,1-3H3;1H/t15?,16-,17+,18-,19+,20-,21-,22-,23+;/m0./s1. The van der Waals surface area contributed by atoms with Crippen LogP contribution in [0.15, 0.2) is 0 Å². The number of rotatable bonds is 4. The molecule has 9 atom stereocenters. The van der Waals surface area contributed by atoms with Crippen molar-refractivity contribution in [1.29, 1.82) is 0 Å². The van der Waals surface area contributed by atoms with Crippen LogP contribution < -0.4 is 5.32 Å². The molecule has 3 N–H and O–H groups in total. The lowest BCUT2D eigenvalue weighted by Crippen LogP contribution is -2.55. The van der Waals surface area contributed by atoms with Crippen molar-refractivity contribution in [1.82, 2.24) is 5.32 Å². The van der Waals surface area contributed by atoms with Crippen LogP contribution in [0, 0.1) is 40.4 Å². The second kappa shape index (κ2) is 8.13. The fraction of sp³-hybridized carbons (Fsp3) is 1.00. The molecular formula is C23H42ClNO2. The van der Waals surface area contributed by atoms with Crippen molar-refractivity contribution >= 4 is 12.4 Å². The summed E-state index contributed by atoms with van der Waals surface area (Å²) in [5.41, 5.74) is 0.920. The Morgan fingerprint density at radius 1 is 0.963 bits per heavy atom. The molecule has 4 heteroatoms. The van der Waals surface area contributed by atoms with Gasteiger partial charge in [0.25, 0.3) is 0 Å². The normalized spacial score (nSPS) is 50.1. The minimum Gasteiger partial charge on any atom is -0.395 e. The molecule has 4 fully saturated rings. The van der Waals surface area contributed by atoms with E-state index >= 15 is 0 Å². The van der Waals surface area contributed by atoms with Gasteiger partial charge in [0.15, 0.2) is 0 Å². The summed E-state index contributed by atoms with van der Waals surface area (Å²) < 4.78 is 0. The molecule has 0 aromatic rings. The topological polar surface area (TPSA) is 52.5 Å². The average molecular weight is 400 g/mol. The van der Waals surface area contributed by atoms with E-state index in [1.54, 1.807) is 0 Å². The Morgan fingerprint density at radius 3 is 2.37 bits per heavy atom. The van der Waals surface area contributed by atoms with Gasteiger partial charge >= 0.3 is 0 Å². The van der Waals surface area contributed by atoms with Gasteiger partial charge in [0.2, 0.25) is 0 Å². The molecule has 0 saturated heterocycles. The maximum Gasteiger partial charge on any atom is 0.0556 e. The number of hydrogen-bond acceptors (Lipinski definition) is 3. The van der Waals surface area contributed by atoms with Crippen LogP contribution in [0.5, 0.6) is 0 Å². The first-order chi connectivity index (χ1) is 12.4. The molecule has 0 heterocycles. The summed E-state index contributed by atoms with van der Waals surface area (Å²) in [6.07, 6.45) is 12.0. The highest BCUT2D eigenvalue weighted by Gasteiger charge is 2.60. The van der Waals surface area contributed by atoms with E-state index in [-0.39, 0.29) is 25.1 Å². The predicted octanol–water partition coefficient (Wildman–Crippen LogP) is 4.40. The number of hydrogen-bond donors (Lipinski definition) is 3. The van der Waals surface area contributed by atoms with Crippen molar-refractivity contribution in [3.63, 3.8) is 0 Å². The van der Waals surface area contributed by atoms with E-state index in [1.807, 2.05) is 6.92 Å². The Labute approximate surface area is 172 Å². The van der Waals surface area contributed by atoms with Crippen molar-refractivity contribution < 1.29 is 10.2 Å². The Bertz CT molecular complexity index is 515. The van der Waals surface area contributed by atoms with Gasteiger partial charge in [0, 0.05) is 12.6 Å². The average Bonchev–Trinajstić information content (AvgIpc) is 2.97. The van der Waals surface area contributed by atoms with Gasteiger partial charge < -0.3 is 15.5 Å². The SMILES string of the molecule is CC(O)[C@H]1CC[C@H]2[C@@H]3CC[C@H]4C[C@H](NCCO)CC[C@]4(C)[C@H]3CC[C@]12C.Cl. The number of fused-ring (bicyclic) bond motifs is 5. The molecule has 1 unspecified atom stereocenters. The number of aliphatic hydroxyl groups is 2. The molecule has 4 rings (SSSR count). The van der Waals surface area contributed by atoms with Crippen LogP contribution in [0.25, 0.3) is 0 Å². The Morgan fingerprint density at radius 2 is 1.67 bits per heavy atom. The van der Waals surface area contributed by atoms with Crippen LogP contribution in [-0.4, -0.2) is 35.5 Å². The van der Waals surface area contributed by atoms with Crippen LogP contribution in [0.3, 0.4) is 0 Å². The molecule has 0 aromatic heterocycles. The second-order valence-corrected chi connectivity index (χ2v) is 10.8. The first kappa shape index (κ1) is 21.9. The first-order valence-electron chi connectivity index (χ1n) is 11.4. The van der Waals surface area contributed by atoms with Crippen LogP contribution in [0.1, 0.15) is 78.6 Å². The fourth-order valence-electron chi connectivity index (χ4n) is 8.55. The fourth-order valence-corrected chi connectivity index (χ4v) is 8.55. The minimum atomic E-state index is -0.137. The third-order valence-corrected chi connectivity index (χ3v) is 9.87. The van der Waals surface area contributed by atoms with Gasteiger partial charge in [0.1, 0.15) is 0 Å². The molecule has 0 bridgehead atoms. The number of halogens is 1. The van der Waals surface area contributed by atoms with Gasteiger partial charge in [-0.3, -0.25) is 0 Å². The zero-order chi connectivity index (χ0) is 18.5. The largest absolute Gasteiger partial charge is 0.395 e. The van der Waals surface area contributed by atoms with Crippen molar-refractivity contribution in [2.24, 2.45) is 40.4 Å². The van der Waals surface area contributed by atoms with Crippen LogP contribution >= 0.6 is 12.4 Å². The first-order valence-corrected chi connectivity index (χ1v) is 11.4. The summed E-state index contributed by atoms with van der Waals surface area (Å²) in [7, 11) is 0. The van der Waals surface area contributed by atoms with E-state index in [9.17, 15) is 5.11 Å². The van der Waals surface area contributed by atoms with Crippen molar-refractivity contribution in [3.8, 4) is 0 Å². The lowest BCUT2D eigenvalue weighted by atomic mass is 9.44. The molecule has 0 aromatic carbocycles. The summed E-state index contributed by atoms with van der Waals surface area (Å²) in [6, 6.07) is 0.622. The molecule has 0 amide bonds. The van der Waals surface area contributed by atoms with E-state index in [0.717, 1.165) is 30.2 Å². The zero-order valence-electron chi connectivity index (χ0n) is 17.6.